The lowest BCUT2D eigenvalue weighted by Gasteiger charge is -2.23. The number of ether oxygens (including phenoxy) is 1. The molecule has 17 heavy (non-hydrogen) atoms. The minimum absolute atomic E-state index is 0.0716. The molecule has 1 aromatic carbocycles. The van der Waals surface area contributed by atoms with Crippen LogP contribution in [0.15, 0.2) is 29.2 Å². The molecule has 1 unspecified atom stereocenters. The van der Waals surface area contributed by atoms with E-state index in [4.69, 9.17) is 4.74 Å². The Bertz CT molecular complexity index is 414. The van der Waals surface area contributed by atoms with Gasteiger partial charge in [-0.2, -0.15) is 0 Å². The first kappa shape index (κ1) is 12.5. The van der Waals surface area contributed by atoms with Crippen LogP contribution in [0.2, 0.25) is 0 Å². The molecule has 92 valence electrons. The lowest BCUT2D eigenvalue weighted by molar-refractivity contribution is 0.0206. The summed E-state index contributed by atoms with van der Waals surface area (Å²) in [6.07, 6.45) is 2.07. The molecule has 1 saturated heterocycles. The Morgan fingerprint density at radius 2 is 2.41 bits per heavy atom. The monoisotopic (exact) mass is 251 g/mol. The number of carbonyl (C=O) groups is 1. The summed E-state index contributed by atoms with van der Waals surface area (Å²) < 4.78 is 5.62. The second kappa shape index (κ2) is 5.10. The Morgan fingerprint density at radius 3 is 3.06 bits per heavy atom. The van der Waals surface area contributed by atoms with Crippen LogP contribution in [0, 0.1) is 0 Å². The number of hydrogen-bond acceptors (Lipinski definition) is 3. The Hall–Kier alpha value is -1.00. The Morgan fingerprint density at radius 1 is 1.59 bits per heavy atom. The maximum absolute atomic E-state index is 11.9. The minimum atomic E-state index is -0.200. The third-order valence-electron chi connectivity index (χ3n) is 3.03. The summed E-state index contributed by atoms with van der Waals surface area (Å²) >= 11 is 4.22. The van der Waals surface area contributed by atoms with Crippen LogP contribution in [-0.4, -0.2) is 24.7 Å². The number of amides is 1. The molecule has 0 saturated carbocycles. The molecular formula is C13H17NO2S. The van der Waals surface area contributed by atoms with Crippen molar-refractivity contribution >= 4 is 18.5 Å². The van der Waals surface area contributed by atoms with Crippen molar-refractivity contribution in [1.82, 2.24) is 5.32 Å². The second-order valence-electron chi connectivity index (χ2n) is 4.63. The van der Waals surface area contributed by atoms with E-state index in [2.05, 4.69) is 17.9 Å². The van der Waals surface area contributed by atoms with Crippen molar-refractivity contribution in [3.63, 3.8) is 0 Å². The van der Waals surface area contributed by atoms with E-state index in [0.29, 0.717) is 12.1 Å². The molecule has 1 N–H and O–H groups in total. The van der Waals surface area contributed by atoms with E-state index in [0.717, 1.165) is 24.3 Å². The molecule has 2 rings (SSSR count). The molecule has 4 heteroatoms. The Balaban J connectivity index is 1.93. The quantitative estimate of drug-likeness (QED) is 0.809. The van der Waals surface area contributed by atoms with Crippen molar-refractivity contribution in [3.8, 4) is 0 Å². The number of hydrogen-bond donors (Lipinski definition) is 2. The zero-order valence-corrected chi connectivity index (χ0v) is 10.8. The second-order valence-corrected chi connectivity index (χ2v) is 5.15. The van der Waals surface area contributed by atoms with Gasteiger partial charge in [0.1, 0.15) is 0 Å². The summed E-state index contributed by atoms with van der Waals surface area (Å²) in [5.41, 5.74) is 0.438. The smallest absolute Gasteiger partial charge is 0.251 e. The zero-order chi connectivity index (χ0) is 12.3. The van der Waals surface area contributed by atoms with Gasteiger partial charge in [0.2, 0.25) is 0 Å². The molecule has 0 spiro atoms. The van der Waals surface area contributed by atoms with Crippen LogP contribution >= 0.6 is 12.6 Å². The number of thiol groups is 1. The van der Waals surface area contributed by atoms with Gasteiger partial charge >= 0.3 is 0 Å². The highest BCUT2D eigenvalue weighted by atomic mass is 32.1. The van der Waals surface area contributed by atoms with Gasteiger partial charge in [-0.3, -0.25) is 4.79 Å². The van der Waals surface area contributed by atoms with Crippen LogP contribution in [-0.2, 0) is 4.74 Å². The first-order valence-corrected chi connectivity index (χ1v) is 6.25. The van der Waals surface area contributed by atoms with E-state index >= 15 is 0 Å². The Labute approximate surface area is 107 Å². The van der Waals surface area contributed by atoms with E-state index < -0.39 is 0 Å². The third kappa shape index (κ3) is 3.23. The summed E-state index contributed by atoms with van der Waals surface area (Å²) in [4.78, 5) is 12.7. The van der Waals surface area contributed by atoms with E-state index in [1.54, 1.807) is 12.1 Å². The molecule has 1 amide bonds. The van der Waals surface area contributed by atoms with Crippen molar-refractivity contribution in [2.75, 3.05) is 13.2 Å². The standard InChI is InChI=1S/C13H17NO2S/c1-13(6-3-7-16-13)9-14-12(15)10-4-2-5-11(17)8-10/h2,4-5,8,17H,3,6-7,9H2,1H3,(H,14,15). The maximum Gasteiger partial charge on any atom is 0.251 e. The molecule has 0 aliphatic carbocycles. The maximum atomic E-state index is 11.9. The summed E-state index contributed by atoms with van der Waals surface area (Å²) in [5.74, 6) is -0.0716. The van der Waals surface area contributed by atoms with E-state index in [1.165, 1.54) is 0 Å². The molecular weight excluding hydrogens is 234 g/mol. The average molecular weight is 251 g/mol. The van der Waals surface area contributed by atoms with Gasteiger partial charge in [-0.15, -0.1) is 12.6 Å². The normalized spacial score (nSPS) is 23.6. The van der Waals surface area contributed by atoms with Gasteiger partial charge in [0.15, 0.2) is 0 Å². The molecule has 1 aliphatic heterocycles. The van der Waals surface area contributed by atoms with Crippen LogP contribution in [0.4, 0.5) is 0 Å². The van der Waals surface area contributed by atoms with Crippen molar-refractivity contribution in [1.29, 1.82) is 0 Å². The SMILES string of the molecule is CC1(CNC(=O)c2cccc(S)c2)CCCO1. The molecule has 1 heterocycles. The lowest BCUT2D eigenvalue weighted by Crippen LogP contribution is -2.40. The number of carbonyl (C=O) groups excluding carboxylic acids is 1. The van der Waals surface area contributed by atoms with Gasteiger partial charge in [-0.25, -0.2) is 0 Å². The van der Waals surface area contributed by atoms with Crippen LogP contribution in [0.1, 0.15) is 30.1 Å². The van der Waals surface area contributed by atoms with E-state index in [-0.39, 0.29) is 11.5 Å². The largest absolute Gasteiger partial charge is 0.373 e. The van der Waals surface area contributed by atoms with Crippen LogP contribution < -0.4 is 5.32 Å². The van der Waals surface area contributed by atoms with Gasteiger partial charge in [0.25, 0.3) is 5.91 Å². The van der Waals surface area contributed by atoms with Gasteiger partial charge < -0.3 is 10.1 Å². The molecule has 0 bridgehead atoms. The van der Waals surface area contributed by atoms with Crippen molar-refractivity contribution in [2.24, 2.45) is 0 Å². The molecule has 1 fully saturated rings. The molecule has 1 aromatic rings. The zero-order valence-electron chi connectivity index (χ0n) is 9.90. The molecule has 3 nitrogen and oxygen atoms in total. The fourth-order valence-corrected chi connectivity index (χ4v) is 2.22. The van der Waals surface area contributed by atoms with E-state index in [1.807, 2.05) is 19.1 Å². The summed E-state index contributed by atoms with van der Waals surface area (Å²) in [6.45, 7) is 3.39. The third-order valence-corrected chi connectivity index (χ3v) is 3.31. The molecule has 1 aliphatic rings. The number of nitrogens with one attached hydrogen (secondary N) is 1. The lowest BCUT2D eigenvalue weighted by atomic mass is 10.0. The predicted molar refractivity (Wildman–Crippen MR) is 69.6 cm³/mol. The van der Waals surface area contributed by atoms with Crippen LogP contribution in [0.5, 0.6) is 0 Å². The number of benzene rings is 1. The fourth-order valence-electron chi connectivity index (χ4n) is 1.99. The Kier molecular flexibility index (Phi) is 3.74. The predicted octanol–water partition coefficient (Wildman–Crippen LogP) is 2.27. The van der Waals surface area contributed by atoms with Gasteiger partial charge in [0, 0.05) is 23.6 Å². The van der Waals surface area contributed by atoms with E-state index in [9.17, 15) is 4.79 Å². The fraction of sp³-hybridized carbons (Fsp3) is 0.462. The highest BCUT2D eigenvalue weighted by Crippen LogP contribution is 2.24. The molecule has 1 atom stereocenters. The van der Waals surface area contributed by atoms with Gasteiger partial charge in [-0.1, -0.05) is 6.07 Å². The van der Waals surface area contributed by atoms with Gasteiger partial charge in [0.05, 0.1) is 5.60 Å². The first-order chi connectivity index (χ1) is 8.09. The van der Waals surface area contributed by atoms with Gasteiger partial charge in [-0.05, 0) is 38.0 Å². The number of rotatable bonds is 3. The highest BCUT2D eigenvalue weighted by molar-refractivity contribution is 7.80. The van der Waals surface area contributed by atoms with Crippen molar-refractivity contribution in [2.45, 2.75) is 30.3 Å². The molecule has 0 radical (unpaired) electrons. The van der Waals surface area contributed by atoms with Crippen LogP contribution in [0.25, 0.3) is 0 Å². The summed E-state index contributed by atoms with van der Waals surface area (Å²) in [6, 6.07) is 7.22. The van der Waals surface area contributed by atoms with Crippen LogP contribution in [0.3, 0.4) is 0 Å². The minimum Gasteiger partial charge on any atom is -0.373 e. The topological polar surface area (TPSA) is 38.3 Å². The highest BCUT2D eigenvalue weighted by Gasteiger charge is 2.30. The summed E-state index contributed by atoms with van der Waals surface area (Å²) in [5, 5.41) is 2.91. The van der Waals surface area contributed by atoms with Crippen molar-refractivity contribution in [3.05, 3.63) is 29.8 Å². The first-order valence-electron chi connectivity index (χ1n) is 5.80. The summed E-state index contributed by atoms with van der Waals surface area (Å²) in [7, 11) is 0. The average Bonchev–Trinajstić information content (AvgIpc) is 2.74. The molecule has 0 aromatic heterocycles. The van der Waals surface area contributed by atoms with Crippen molar-refractivity contribution < 1.29 is 9.53 Å².